The number of hydrogen-bond donors (Lipinski definition) is 0. The van der Waals surface area contributed by atoms with Crippen LogP contribution < -0.4 is 0 Å². The zero-order valence-corrected chi connectivity index (χ0v) is 10.4. The molecule has 92 valence electrons. The van der Waals surface area contributed by atoms with Gasteiger partial charge >= 0.3 is 5.97 Å². The maximum atomic E-state index is 11.8. The lowest BCUT2D eigenvalue weighted by atomic mass is 10.1. The maximum Gasteiger partial charge on any atom is 0.349 e. The van der Waals surface area contributed by atoms with Crippen LogP contribution in [-0.2, 0) is 9.53 Å². The molecule has 1 aromatic rings. The fraction of sp³-hybridized carbons (Fsp3) is 0.154. The van der Waals surface area contributed by atoms with Crippen molar-refractivity contribution >= 4 is 23.4 Å². The summed E-state index contributed by atoms with van der Waals surface area (Å²) in [6.07, 6.45) is 0.960. The number of ketones is 1. The van der Waals surface area contributed by atoms with Crippen molar-refractivity contribution < 1.29 is 14.3 Å². The molecule has 0 aliphatic carbocycles. The van der Waals surface area contributed by atoms with Gasteiger partial charge in [-0.1, -0.05) is 11.6 Å². The molecule has 0 saturated heterocycles. The summed E-state index contributed by atoms with van der Waals surface area (Å²) in [6, 6.07) is 7.78. The predicted octanol–water partition coefficient (Wildman–Crippen LogP) is 2.54. The summed E-state index contributed by atoms with van der Waals surface area (Å²) >= 11 is 5.69. The number of carbonyl (C=O) groups is 2. The number of benzene rings is 1. The van der Waals surface area contributed by atoms with E-state index in [-0.39, 0.29) is 12.2 Å². The van der Waals surface area contributed by atoms with Gasteiger partial charge in [-0.15, -0.1) is 0 Å². The molecule has 0 aliphatic heterocycles. The van der Waals surface area contributed by atoms with Gasteiger partial charge in [0.15, 0.2) is 5.78 Å². The summed E-state index contributed by atoms with van der Waals surface area (Å²) in [5, 5.41) is 9.27. The molecule has 0 bridgehead atoms. The van der Waals surface area contributed by atoms with Crippen molar-refractivity contribution in [1.82, 2.24) is 0 Å². The second kappa shape index (κ2) is 6.58. The van der Waals surface area contributed by atoms with Crippen LogP contribution >= 0.6 is 11.6 Å². The Morgan fingerprint density at radius 3 is 2.50 bits per heavy atom. The monoisotopic (exact) mass is 263 g/mol. The number of allylic oxidation sites excluding steroid dienone is 1. The van der Waals surface area contributed by atoms with Gasteiger partial charge < -0.3 is 4.74 Å². The second-order valence-corrected chi connectivity index (χ2v) is 3.70. The van der Waals surface area contributed by atoms with E-state index in [0.717, 1.165) is 6.08 Å². The summed E-state index contributed by atoms with van der Waals surface area (Å²) in [5.74, 6) is -1.25. The molecule has 0 radical (unpaired) electrons. The van der Waals surface area contributed by atoms with Crippen LogP contribution in [0.15, 0.2) is 35.9 Å². The molecule has 0 spiro atoms. The Morgan fingerprint density at radius 1 is 1.39 bits per heavy atom. The highest BCUT2D eigenvalue weighted by Crippen LogP contribution is 2.11. The summed E-state index contributed by atoms with van der Waals surface area (Å²) < 4.78 is 4.65. The Hall–Kier alpha value is -2.12. The van der Waals surface area contributed by atoms with Gasteiger partial charge in [0.05, 0.1) is 6.61 Å². The molecule has 0 saturated carbocycles. The third-order valence-electron chi connectivity index (χ3n) is 2.02. The molecule has 0 fully saturated rings. The lowest BCUT2D eigenvalue weighted by Gasteiger charge is -1.99. The van der Waals surface area contributed by atoms with Crippen LogP contribution in [0.25, 0.3) is 0 Å². The number of hydrogen-bond acceptors (Lipinski definition) is 4. The lowest BCUT2D eigenvalue weighted by Crippen LogP contribution is -2.08. The highest BCUT2D eigenvalue weighted by atomic mass is 35.5. The quantitative estimate of drug-likeness (QED) is 0.362. The van der Waals surface area contributed by atoms with E-state index in [2.05, 4.69) is 4.74 Å². The number of halogens is 1. The van der Waals surface area contributed by atoms with Crippen LogP contribution in [0.5, 0.6) is 0 Å². The molecule has 0 N–H and O–H groups in total. The van der Waals surface area contributed by atoms with Crippen LogP contribution in [0.2, 0.25) is 5.02 Å². The first kappa shape index (κ1) is 13.9. The standard InChI is InChI=1S/C13H10ClNO3/c1-2-18-13(17)10(8-15)7-12(16)9-3-5-11(14)6-4-9/h3-7H,2H2,1H3. The maximum absolute atomic E-state index is 11.8. The smallest absolute Gasteiger partial charge is 0.349 e. The van der Waals surface area contributed by atoms with E-state index in [0.29, 0.717) is 10.6 Å². The first-order valence-corrected chi connectivity index (χ1v) is 5.55. The van der Waals surface area contributed by atoms with Gasteiger partial charge in [-0.05, 0) is 31.2 Å². The SMILES string of the molecule is CCOC(=O)C(C#N)=CC(=O)c1ccc(Cl)cc1. The zero-order valence-electron chi connectivity index (χ0n) is 9.64. The Kier molecular flexibility index (Phi) is 5.09. The second-order valence-electron chi connectivity index (χ2n) is 3.26. The summed E-state index contributed by atoms with van der Waals surface area (Å²) in [6.45, 7) is 1.76. The van der Waals surface area contributed by atoms with Crippen molar-refractivity contribution in [3.05, 3.63) is 46.5 Å². The normalized spacial score (nSPS) is 10.6. The molecule has 18 heavy (non-hydrogen) atoms. The molecule has 1 aromatic carbocycles. The third-order valence-corrected chi connectivity index (χ3v) is 2.27. The minimum atomic E-state index is -0.803. The number of ether oxygens (including phenoxy) is 1. The van der Waals surface area contributed by atoms with E-state index >= 15 is 0 Å². The van der Waals surface area contributed by atoms with Gasteiger partial charge in [-0.2, -0.15) is 5.26 Å². The van der Waals surface area contributed by atoms with E-state index in [1.54, 1.807) is 25.1 Å². The van der Waals surface area contributed by atoms with E-state index in [1.165, 1.54) is 12.1 Å². The molecular formula is C13H10ClNO3. The Balaban J connectivity index is 2.93. The molecule has 0 amide bonds. The minimum Gasteiger partial charge on any atom is -0.462 e. The minimum absolute atomic E-state index is 0.146. The van der Waals surface area contributed by atoms with Crippen molar-refractivity contribution in [1.29, 1.82) is 5.26 Å². The molecule has 0 aromatic heterocycles. The molecule has 1 rings (SSSR count). The lowest BCUT2D eigenvalue weighted by molar-refractivity contribution is -0.138. The van der Waals surface area contributed by atoms with E-state index < -0.39 is 11.8 Å². The fourth-order valence-corrected chi connectivity index (χ4v) is 1.30. The van der Waals surface area contributed by atoms with Crippen molar-refractivity contribution in [2.45, 2.75) is 6.92 Å². The number of nitrogens with zero attached hydrogens (tertiary/aromatic N) is 1. The number of carbonyl (C=O) groups excluding carboxylic acids is 2. The van der Waals surface area contributed by atoms with Gasteiger partial charge in [0.2, 0.25) is 0 Å². The fourth-order valence-electron chi connectivity index (χ4n) is 1.17. The summed E-state index contributed by atoms with van der Waals surface area (Å²) in [5.41, 5.74) is 0.0215. The topological polar surface area (TPSA) is 67.2 Å². The number of nitriles is 1. The van der Waals surface area contributed by atoms with Gasteiger partial charge in [0, 0.05) is 16.7 Å². The average Bonchev–Trinajstić information content (AvgIpc) is 2.36. The van der Waals surface area contributed by atoms with E-state index in [4.69, 9.17) is 16.9 Å². The van der Waals surface area contributed by atoms with Crippen LogP contribution in [0.4, 0.5) is 0 Å². The Morgan fingerprint density at radius 2 is 2.00 bits per heavy atom. The van der Waals surface area contributed by atoms with Crippen LogP contribution in [0.3, 0.4) is 0 Å². The largest absolute Gasteiger partial charge is 0.462 e. The molecule has 0 aliphatic rings. The first-order valence-electron chi connectivity index (χ1n) is 5.17. The van der Waals surface area contributed by atoms with Crippen molar-refractivity contribution in [3.63, 3.8) is 0 Å². The van der Waals surface area contributed by atoms with E-state index in [1.807, 2.05) is 0 Å². The highest BCUT2D eigenvalue weighted by molar-refractivity contribution is 6.30. The molecule has 0 atom stereocenters. The van der Waals surface area contributed by atoms with Crippen molar-refractivity contribution in [2.24, 2.45) is 0 Å². The van der Waals surface area contributed by atoms with Crippen LogP contribution in [0, 0.1) is 11.3 Å². The van der Waals surface area contributed by atoms with Gasteiger partial charge in [-0.3, -0.25) is 4.79 Å². The van der Waals surface area contributed by atoms with Gasteiger partial charge in [-0.25, -0.2) is 4.79 Å². The molecule has 0 unspecified atom stereocenters. The molecular weight excluding hydrogens is 254 g/mol. The zero-order chi connectivity index (χ0) is 13.5. The van der Waals surface area contributed by atoms with Crippen LogP contribution in [-0.4, -0.2) is 18.4 Å². The first-order chi connectivity index (χ1) is 8.58. The van der Waals surface area contributed by atoms with E-state index in [9.17, 15) is 9.59 Å². The number of rotatable bonds is 4. The van der Waals surface area contributed by atoms with Crippen LogP contribution in [0.1, 0.15) is 17.3 Å². The Labute approximate surface area is 109 Å². The highest BCUT2D eigenvalue weighted by Gasteiger charge is 2.12. The average molecular weight is 264 g/mol. The van der Waals surface area contributed by atoms with Gasteiger partial charge in [0.1, 0.15) is 11.6 Å². The number of esters is 1. The summed E-state index contributed by atoms with van der Waals surface area (Å²) in [7, 11) is 0. The summed E-state index contributed by atoms with van der Waals surface area (Å²) in [4.78, 5) is 23.1. The molecule has 4 nitrogen and oxygen atoms in total. The molecule has 0 heterocycles. The Bertz CT molecular complexity index is 526. The van der Waals surface area contributed by atoms with Crippen molar-refractivity contribution in [2.75, 3.05) is 6.61 Å². The van der Waals surface area contributed by atoms with Gasteiger partial charge in [0.25, 0.3) is 0 Å². The van der Waals surface area contributed by atoms with Crippen molar-refractivity contribution in [3.8, 4) is 6.07 Å². The third kappa shape index (κ3) is 3.72. The predicted molar refractivity (Wildman–Crippen MR) is 66.1 cm³/mol. The molecule has 5 heteroatoms.